The number of unbranched alkanes of at least 4 members (excludes halogenated alkanes) is 1. The van der Waals surface area contributed by atoms with Crippen LogP contribution in [0.1, 0.15) is 28.8 Å². The molecule has 1 heterocycles. The number of imide groups is 1. The fraction of sp³-hybridized carbons (Fsp3) is 0.222. The van der Waals surface area contributed by atoms with Crippen LogP contribution in [0.5, 0.6) is 5.75 Å². The highest BCUT2D eigenvalue weighted by Crippen LogP contribution is 2.42. The second-order valence-electron chi connectivity index (χ2n) is 8.47. The quantitative estimate of drug-likeness (QED) is 0.344. The fourth-order valence-electron chi connectivity index (χ4n) is 4.34. The van der Waals surface area contributed by atoms with Gasteiger partial charge in [-0.3, -0.25) is 4.79 Å². The van der Waals surface area contributed by atoms with E-state index in [1.165, 1.54) is 0 Å². The minimum absolute atomic E-state index is 0.148. The lowest BCUT2D eigenvalue weighted by Crippen LogP contribution is -2.35. The van der Waals surface area contributed by atoms with E-state index >= 15 is 0 Å². The first-order valence-electron chi connectivity index (χ1n) is 11.6. The molecule has 0 saturated heterocycles. The molecular weight excluding hydrogens is 498 g/mol. The number of amides is 3. The minimum atomic E-state index is -1.51. The van der Waals surface area contributed by atoms with Crippen LogP contribution in [0.4, 0.5) is 26.7 Å². The molecule has 0 fully saturated rings. The van der Waals surface area contributed by atoms with E-state index in [0.717, 1.165) is 17.0 Å². The average Bonchev–Trinajstić information content (AvgIpc) is 2.97. The van der Waals surface area contributed by atoms with Crippen LogP contribution < -0.4 is 14.5 Å². The maximum atomic E-state index is 13.8. The van der Waals surface area contributed by atoms with Gasteiger partial charge in [0, 0.05) is 18.1 Å². The van der Waals surface area contributed by atoms with E-state index in [9.17, 15) is 14.4 Å². The Hall–Kier alpha value is -4.24. The molecular formula is C27H26ClN3O6. The summed E-state index contributed by atoms with van der Waals surface area (Å²) in [5.74, 6) is 0.544. The van der Waals surface area contributed by atoms with E-state index in [2.05, 4.69) is 0 Å². The molecule has 0 bridgehead atoms. The molecule has 0 aliphatic carbocycles. The lowest BCUT2D eigenvalue weighted by Gasteiger charge is -2.28. The molecule has 0 spiro atoms. The molecule has 10 heteroatoms. The highest BCUT2D eigenvalue weighted by atomic mass is 35.5. The van der Waals surface area contributed by atoms with Gasteiger partial charge in [-0.05, 0) is 60.9 Å². The molecule has 3 aromatic carbocycles. The molecule has 0 unspecified atom stereocenters. The summed E-state index contributed by atoms with van der Waals surface area (Å²) in [6.45, 7) is 0.605. The third-order valence-electron chi connectivity index (χ3n) is 6.16. The molecule has 0 aromatic heterocycles. The smallest absolute Gasteiger partial charge is 0.416 e. The van der Waals surface area contributed by atoms with Crippen molar-refractivity contribution < 1.29 is 29.3 Å². The van der Waals surface area contributed by atoms with Crippen LogP contribution >= 0.6 is 11.6 Å². The number of halogens is 1. The summed E-state index contributed by atoms with van der Waals surface area (Å²) in [7, 11) is 1.60. The Labute approximate surface area is 219 Å². The number of nitrogens with zero attached hydrogens (tertiary/aromatic N) is 3. The molecule has 2 N–H and O–H groups in total. The minimum Gasteiger partial charge on any atom is -0.497 e. The molecule has 0 atom stereocenters. The van der Waals surface area contributed by atoms with Crippen LogP contribution in [-0.2, 0) is 6.54 Å². The zero-order chi connectivity index (χ0) is 26.5. The van der Waals surface area contributed by atoms with Gasteiger partial charge in [-0.25, -0.2) is 14.5 Å². The number of rotatable bonds is 8. The Morgan fingerprint density at radius 3 is 2.16 bits per heavy atom. The number of carboxylic acid groups (broad SMARTS) is 2. The molecule has 0 saturated carbocycles. The summed E-state index contributed by atoms with van der Waals surface area (Å²) in [5, 5.41) is 18.7. The predicted molar refractivity (Wildman–Crippen MR) is 140 cm³/mol. The van der Waals surface area contributed by atoms with E-state index in [1.54, 1.807) is 30.2 Å². The van der Waals surface area contributed by atoms with E-state index in [4.69, 9.17) is 26.6 Å². The zero-order valence-electron chi connectivity index (χ0n) is 20.1. The number of benzene rings is 3. The number of ether oxygens (including phenoxy) is 1. The summed E-state index contributed by atoms with van der Waals surface area (Å²) >= 11 is 6.34. The lowest BCUT2D eigenvalue weighted by atomic mass is 10.1. The third kappa shape index (κ3) is 5.62. The zero-order valence-corrected chi connectivity index (χ0v) is 20.9. The molecule has 3 aromatic rings. The van der Waals surface area contributed by atoms with Crippen molar-refractivity contribution in [2.24, 2.45) is 0 Å². The van der Waals surface area contributed by atoms with E-state index in [1.807, 2.05) is 53.4 Å². The number of carbonyl (C=O) groups excluding carboxylic acids is 1. The van der Waals surface area contributed by atoms with Crippen molar-refractivity contribution in [2.75, 3.05) is 30.0 Å². The van der Waals surface area contributed by atoms with Crippen molar-refractivity contribution >= 4 is 46.8 Å². The average molecular weight is 524 g/mol. The first-order chi connectivity index (χ1) is 17.8. The summed E-state index contributed by atoms with van der Waals surface area (Å²) in [4.78, 5) is 40.3. The Morgan fingerprint density at radius 1 is 0.892 bits per heavy atom. The molecule has 9 nitrogen and oxygen atoms in total. The number of hydrogen-bond donors (Lipinski definition) is 2. The number of para-hydroxylation sites is 2. The largest absolute Gasteiger partial charge is 0.497 e. The van der Waals surface area contributed by atoms with Gasteiger partial charge in [0.05, 0.1) is 36.3 Å². The van der Waals surface area contributed by atoms with Gasteiger partial charge in [-0.2, -0.15) is 0 Å². The standard InChI is InChI=1S/C27H26ClN3O6/c1-37-20-11-8-18(9-12-20)17-31-23-7-3-2-6-22(23)29(14-4-5-15-30(26(33)34)27(35)36)24-16-19(28)10-13-21(24)25(31)32/h2-3,6-13,16H,4-5,14-15,17H2,1H3,(H,33,34)(H,35,36). The lowest BCUT2D eigenvalue weighted by molar-refractivity contribution is 0.0985. The molecule has 37 heavy (non-hydrogen) atoms. The van der Waals surface area contributed by atoms with Crippen LogP contribution in [0.3, 0.4) is 0 Å². The third-order valence-corrected chi connectivity index (χ3v) is 6.40. The number of carbonyl (C=O) groups is 3. The second-order valence-corrected chi connectivity index (χ2v) is 8.90. The van der Waals surface area contributed by atoms with Crippen molar-refractivity contribution in [2.45, 2.75) is 19.4 Å². The summed E-state index contributed by atoms with van der Waals surface area (Å²) in [5.41, 5.74) is 3.55. The highest BCUT2D eigenvalue weighted by Gasteiger charge is 2.31. The Bertz CT molecular complexity index is 1300. The van der Waals surface area contributed by atoms with Gasteiger partial charge in [0.2, 0.25) is 0 Å². The first kappa shape index (κ1) is 25.8. The number of methoxy groups -OCH3 is 1. The molecule has 3 amide bonds. The van der Waals surface area contributed by atoms with E-state index in [0.29, 0.717) is 52.8 Å². The van der Waals surface area contributed by atoms with Crippen molar-refractivity contribution in [3.63, 3.8) is 0 Å². The van der Waals surface area contributed by atoms with E-state index in [-0.39, 0.29) is 12.5 Å². The normalized spacial score (nSPS) is 12.4. The van der Waals surface area contributed by atoms with Crippen LogP contribution in [0, 0.1) is 0 Å². The van der Waals surface area contributed by atoms with Gasteiger partial charge in [0.1, 0.15) is 5.75 Å². The van der Waals surface area contributed by atoms with Crippen molar-refractivity contribution in [3.8, 4) is 5.75 Å². The van der Waals surface area contributed by atoms with Crippen LogP contribution in [0.2, 0.25) is 5.02 Å². The van der Waals surface area contributed by atoms with E-state index < -0.39 is 12.2 Å². The summed E-state index contributed by atoms with van der Waals surface area (Å²) in [6, 6.07) is 20.2. The topological polar surface area (TPSA) is 111 Å². The summed E-state index contributed by atoms with van der Waals surface area (Å²) in [6.07, 6.45) is -2.23. The number of anilines is 3. The predicted octanol–water partition coefficient (Wildman–Crippen LogP) is 6.09. The monoisotopic (exact) mass is 523 g/mol. The Morgan fingerprint density at radius 2 is 1.54 bits per heavy atom. The molecule has 0 radical (unpaired) electrons. The van der Waals surface area contributed by atoms with Crippen LogP contribution in [0.15, 0.2) is 66.7 Å². The van der Waals surface area contributed by atoms with Crippen molar-refractivity contribution in [1.82, 2.24) is 4.90 Å². The van der Waals surface area contributed by atoms with Gasteiger partial charge in [0.15, 0.2) is 0 Å². The Balaban J connectivity index is 1.68. The molecule has 1 aliphatic heterocycles. The molecule has 192 valence electrons. The molecule has 1 aliphatic rings. The SMILES string of the molecule is COc1ccc(CN2C(=O)c3ccc(Cl)cc3N(CCCCN(C(=O)O)C(=O)O)c3ccccc32)cc1. The highest BCUT2D eigenvalue weighted by molar-refractivity contribution is 6.31. The molecule has 4 rings (SSSR count). The van der Waals surface area contributed by atoms with Gasteiger partial charge >= 0.3 is 12.2 Å². The maximum absolute atomic E-state index is 13.8. The van der Waals surface area contributed by atoms with Crippen molar-refractivity contribution in [1.29, 1.82) is 0 Å². The second kappa shape index (κ2) is 11.2. The number of fused-ring (bicyclic) bond motifs is 2. The maximum Gasteiger partial charge on any atom is 0.416 e. The summed E-state index contributed by atoms with van der Waals surface area (Å²) < 4.78 is 5.25. The van der Waals surface area contributed by atoms with Crippen LogP contribution in [-0.4, -0.2) is 53.4 Å². The Kier molecular flexibility index (Phi) is 7.83. The van der Waals surface area contributed by atoms with Gasteiger partial charge in [-0.1, -0.05) is 35.9 Å². The van der Waals surface area contributed by atoms with Crippen LogP contribution in [0.25, 0.3) is 0 Å². The van der Waals surface area contributed by atoms with Gasteiger partial charge < -0.3 is 24.7 Å². The number of hydrogen-bond acceptors (Lipinski definition) is 5. The van der Waals surface area contributed by atoms with Gasteiger partial charge in [0.25, 0.3) is 5.91 Å². The fourth-order valence-corrected chi connectivity index (χ4v) is 4.50. The first-order valence-corrected chi connectivity index (χ1v) is 12.0. The van der Waals surface area contributed by atoms with Crippen molar-refractivity contribution in [3.05, 3.63) is 82.9 Å². The van der Waals surface area contributed by atoms with Gasteiger partial charge in [-0.15, -0.1) is 0 Å².